The van der Waals surface area contributed by atoms with Crippen molar-refractivity contribution in [3.63, 3.8) is 0 Å². The molecule has 0 aliphatic carbocycles. The Balaban J connectivity index is 2.19. The van der Waals surface area contributed by atoms with E-state index in [0.717, 1.165) is 6.54 Å². The van der Waals surface area contributed by atoms with Crippen LogP contribution in [0.5, 0.6) is 0 Å². The second-order valence-corrected chi connectivity index (χ2v) is 5.03. The second kappa shape index (κ2) is 7.88. The minimum atomic E-state index is 0.122. The Bertz CT molecular complexity index is 349. The van der Waals surface area contributed by atoms with Crippen LogP contribution in [0, 0.1) is 5.92 Å². The van der Waals surface area contributed by atoms with E-state index in [1.807, 2.05) is 18.2 Å². The lowest BCUT2D eigenvalue weighted by molar-refractivity contribution is -0.121. The van der Waals surface area contributed by atoms with Gasteiger partial charge in [0.1, 0.15) is 0 Å². The van der Waals surface area contributed by atoms with Gasteiger partial charge in [-0.3, -0.25) is 4.79 Å². The lowest BCUT2D eigenvalue weighted by Crippen LogP contribution is -2.31. The van der Waals surface area contributed by atoms with E-state index in [0.29, 0.717) is 18.9 Å². The average Bonchev–Trinajstić information content (AvgIpc) is 2.37. The third kappa shape index (κ3) is 5.82. The van der Waals surface area contributed by atoms with E-state index in [-0.39, 0.29) is 11.9 Å². The second-order valence-electron chi connectivity index (χ2n) is 5.03. The normalized spacial score (nSPS) is 12.4. The molecule has 3 nitrogen and oxygen atoms in total. The quantitative estimate of drug-likeness (QED) is 0.778. The van der Waals surface area contributed by atoms with Crippen LogP contribution in [0.2, 0.25) is 0 Å². The van der Waals surface area contributed by atoms with Crippen LogP contribution in [-0.4, -0.2) is 19.0 Å². The summed E-state index contributed by atoms with van der Waals surface area (Å²) in [6.07, 6.45) is 0.532. The maximum atomic E-state index is 11.5. The molecule has 0 spiro atoms. The molecule has 1 amide bonds. The Hall–Kier alpha value is -1.35. The SMILES string of the molecule is CC(C)CNC(=O)CCNC(C)c1ccccc1. The molecule has 0 aliphatic heterocycles. The van der Waals surface area contributed by atoms with E-state index >= 15 is 0 Å². The molecule has 0 heterocycles. The fraction of sp³-hybridized carbons (Fsp3) is 0.533. The summed E-state index contributed by atoms with van der Waals surface area (Å²) in [5.74, 6) is 0.626. The summed E-state index contributed by atoms with van der Waals surface area (Å²) in [4.78, 5) is 11.5. The molecule has 0 radical (unpaired) electrons. The molecule has 18 heavy (non-hydrogen) atoms. The Labute approximate surface area is 110 Å². The first-order chi connectivity index (χ1) is 8.59. The van der Waals surface area contributed by atoms with Gasteiger partial charge in [-0.05, 0) is 18.4 Å². The fourth-order valence-electron chi connectivity index (χ4n) is 1.67. The van der Waals surface area contributed by atoms with Gasteiger partial charge in [0, 0.05) is 25.6 Å². The van der Waals surface area contributed by atoms with Crippen molar-refractivity contribution in [1.29, 1.82) is 0 Å². The van der Waals surface area contributed by atoms with Crippen LogP contribution in [-0.2, 0) is 4.79 Å². The molecule has 1 atom stereocenters. The van der Waals surface area contributed by atoms with Crippen molar-refractivity contribution in [1.82, 2.24) is 10.6 Å². The predicted octanol–water partition coefficient (Wildman–Crippen LogP) is 2.50. The highest BCUT2D eigenvalue weighted by molar-refractivity contribution is 5.76. The minimum Gasteiger partial charge on any atom is -0.356 e. The zero-order chi connectivity index (χ0) is 13.4. The zero-order valence-corrected chi connectivity index (χ0v) is 11.6. The molecule has 1 aromatic carbocycles. The number of hydrogen-bond acceptors (Lipinski definition) is 2. The lowest BCUT2D eigenvalue weighted by atomic mass is 10.1. The molecular weight excluding hydrogens is 224 g/mol. The van der Waals surface area contributed by atoms with Crippen LogP contribution >= 0.6 is 0 Å². The van der Waals surface area contributed by atoms with E-state index in [4.69, 9.17) is 0 Å². The molecule has 0 aliphatic rings. The van der Waals surface area contributed by atoms with Gasteiger partial charge >= 0.3 is 0 Å². The monoisotopic (exact) mass is 248 g/mol. The van der Waals surface area contributed by atoms with E-state index in [1.54, 1.807) is 0 Å². The highest BCUT2D eigenvalue weighted by Crippen LogP contribution is 2.10. The zero-order valence-electron chi connectivity index (χ0n) is 11.6. The standard InChI is InChI=1S/C15H24N2O/c1-12(2)11-17-15(18)9-10-16-13(3)14-7-5-4-6-8-14/h4-8,12-13,16H,9-11H2,1-3H3,(H,17,18). The Morgan fingerprint density at radius 1 is 1.17 bits per heavy atom. The van der Waals surface area contributed by atoms with Crippen LogP contribution < -0.4 is 10.6 Å². The van der Waals surface area contributed by atoms with Gasteiger partial charge in [-0.2, -0.15) is 0 Å². The molecule has 0 fully saturated rings. The summed E-state index contributed by atoms with van der Waals surface area (Å²) in [5.41, 5.74) is 1.25. The van der Waals surface area contributed by atoms with E-state index in [9.17, 15) is 4.79 Å². The topological polar surface area (TPSA) is 41.1 Å². The summed E-state index contributed by atoms with van der Waals surface area (Å²) >= 11 is 0. The van der Waals surface area contributed by atoms with Crippen LogP contribution in [0.15, 0.2) is 30.3 Å². The van der Waals surface area contributed by atoms with Crippen molar-refractivity contribution in [2.75, 3.05) is 13.1 Å². The van der Waals surface area contributed by atoms with Gasteiger partial charge in [0.05, 0.1) is 0 Å². The van der Waals surface area contributed by atoms with Crippen molar-refractivity contribution in [3.05, 3.63) is 35.9 Å². The van der Waals surface area contributed by atoms with Gasteiger partial charge in [0.25, 0.3) is 0 Å². The average molecular weight is 248 g/mol. The molecule has 0 saturated carbocycles. The van der Waals surface area contributed by atoms with Crippen LogP contribution in [0.3, 0.4) is 0 Å². The predicted molar refractivity (Wildman–Crippen MR) is 75.3 cm³/mol. The largest absolute Gasteiger partial charge is 0.356 e. The molecule has 0 saturated heterocycles. The molecule has 0 aromatic heterocycles. The molecule has 1 unspecified atom stereocenters. The van der Waals surface area contributed by atoms with Crippen molar-refractivity contribution < 1.29 is 4.79 Å². The summed E-state index contributed by atoms with van der Waals surface area (Å²) in [7, 11) is 0. The summed E-state index contributed by atoms with van der Waals surface area (Å²) in [6, 6.07) is 10.5. The van der Waals surface area contributed by atoms with Crippen LogP contribution in [0.1, 0.15) is 38.8 Å². The number of rotatable bonds is 7. The maximum absolute atomic E-state index is 11.5. The van der Waals surface area contributed by atoms with Crippen molar-refractivity contribution in [2.45, 2.75) is 33.2 Å². The molecular formula is C15H24N2O. The number of benzene rings is 1. The van der Waals surface area contributed by atoms with E-state index in [2.05, 4.69) is 43.5 Å². The molecule has 0 bridgehead atoms. The minimum absolute atomic E-state index is 0.122. The Kier molecular flexibility index (Phi) is 6.44. The number of nitrogens with one attached hydrogen (secondary N) is 2. The third-order valence-electron chi connectivity index (χ3n) is 2.81. The first-order valence-electron chi connectivity index (χ1n) is 6.64. The summed E-state index contributed by atoms with van der Waals surface area (Å²) in [6.45, 7) is 7.76. The summed E-state index contributed by atoms with van der Waals surface area (Å²) in [5, 5.41) is 6.27. The highest BCUT2D eigenvalue weighted by atomic mass is 16.1. The van der Waals surface area contributed by atoms with Gasteiger partial charge in [-0.15, -0.1) is 0 Å². The van der Waals surface area contributed by atoms with Gasteiger partial charge in [-0.1, -0.05) is 44.2 Å². The van der Waals surface area contributed by atoms with Gasteiger partial charge in [-0.25, -0.2) is 0 Å². The first kappa shape index (κ1) is 14.7. The number of hydrogen-bond donors (Lipinski definition) is 2. The third-order valence-corrected chi connectivity index (χ3v) is 2.81. The van der Waals surface area contributed by atoms with Gasteiger partial charge in [0.15, 0.2) is 0 Å². The number of amides is 1. The van der Waals surface area contributed by atoms with E-state index < -0.39 is 0 Å². The summed E-state index contributed by atoms with van der Waals surface area (Å²) < 4.78 is 0. The maximum Gasteiger partial charge on any atom is 0.221 e. The van der Waals surface area contributed by atoms with Crippen molar-refractivity contribution in [3.8, 4) is 0 Å². The van der Waals surface area contributed by atoms with Gasteiger partial charge < -0.3 is 10.6 Å². The number of carbonyl (C=O) groups excluding carboxylic acids is 1. The van der Waals surface area contributed by atoms with E-state index in [1.165, 1.54) is 5.56 Å². The van der Waals surface area contributed by atoms with Gasteiger partial charge in [0.2, 0.25) is 5.91 Å². The molecule has 3 heteroatoms. The van der Waals surface area contributed by atoms with Crippen molar-refractivity contribution >= 4 is 5.91 Å². The Morgan fingerprint density at radius 3 is 2.44 bits per heavy atom. The number of carbonyl (C=O) groups is 1. The molecule has 1 aromatic rings. The lowest BCUT2D eigenvalue weighted by Gasteiger charge is -2.14. The van der Waals surface area contributed by atoms with Crippen LogP contribution in [0.4, 0.5) is 0 Å². The van der Waals surface area contributed by atoms with Crippen LogP contribution in [0.25, 0.3) is 0 Å². The molecule has 1 rings (SSSR count). The molecule has 2 N–H and O–H groups in total. The van der Waals surface area contributed by atoms with Crippen molar-refractivity contribution in [2.24, 2.45) is 5.92 Å². The highest BCUT2D eigenvalue weighted by Gasteiger charge is 2.05. The smallest absolute Gasteiger partial charge is 0.221 e. The first-order valence-corrected chi connectivity index (χ1v) is 6.64. The molecule has 100 valence electrons. The fourth-order valence-corrected chi connectivity index (χ4v) is 1.67. The Morgan fingerprint density at radius 2 is 1.83 bits per heavy atom.